The van der Waals surface area contributed by atoms with Gasteiger partial charge in [-0.1, -0.05) is 58.6 Å². The van der Waals surface area contributed by atoms with Crippen molar-refractivity contribution in [2.24, 2.45) is 29.4 Å². The molecule has 8 heteroatoms. The molecule has 3 aliphatic carbocycles. The van der Waals surface area contributed by atoms with Crippen LogP contribution in [-0.4, -0.2) is 66.2 Å². The molecule has 3 N–H and O–H groups in total. The van der Waals surface area contributed by atoms with Crippen LogP contribution in [0.1, 0.15) is 78.1 Å². The van der Waals surface area contributed by atoms with Crippen molar-refractivity contribution in [2.75, 3.05) is 19.8 Å². The van der Waals surface area contributed by atoms with Crippen LogP contribution in [0.25, 0.3) is 0 Å². The lowest BCUT2D eigenvalue weighted by Gasteiger charge is -2.41. The summed E-state index contributed by atoms with van der Waals surface area (Å²) >= 11 is 0. The lowest BCUT2D eigenvalue weighted by atomic mass is 9.66. The maximum absolute atomic E-state index is 13.4. The number of hydrogen-bond donors (Lipinski definition) is 2. The first-order valence-electron chi connectivity index (χ1n) is 14.0. The Labute approximate surface area is 215 Å². The Kier molecular flexibility index (Phi) is 8.76. The van der Waals surface area contributed by atoms with Gasteiger partial charge in [0.15, 0.2) is 0 Å². The number of nitrogens with two attached hydrogens (primary N) is 1. The number of nitrogens with zero attached hydrogens (tertiary/aromatic N) is 1. The molecule has 36 heavy (non-hydrogen) atoms. The first kappa shape index (κ1) is 27.1. The first-order valence-corrected chi connectivity index (χ1v) is 14.0. The molecule has 1 aliphatic heterocycles. The van der Waals surface area contributed by atoms with Gasteiger partial charge in [0.1, 0.15) is 18.2 Å². The van der Waals surface area contributed by atoms with E-state index in [1.165, 1.54) is 51.0 Å². The molecule has 8 nitrogen and oxygen atoms in total. The Morgan fingerprint density at radius 3 is 2.56 bits per heavy atom. The van der Waals surface area contributed by atoms with E-state index in [9.17, 15) is 14.4 Å². The molecule has 1 saturated heterocycles. The summed E-state index contributed by atoms with van der Waals surface area (Å²) < 4.78 is 11.6. The Balaban J connectivity index is 1.40. The van der Waals surface area contributed by atoms with Gasteiger partial charge in [-0.25, -0.2) is 4.79 Å². The van der Waals surface area contributed by atoms with Gasteiger partial charge in [0.2, 0.25) is 11.8 Å². The molecule has 3 saturated carbocycles. The minimum Gasteiger partial charge on any atom is -0.460 e. The molecule has 0 radical (unpaired) electrons. The van der Waals surface area contributed by atoms with Crippen LogP contribution in [0, 0.1) is 23.7 Å². The quantitative estimate of drug-likeness (QED) is 0.350. The molecule has 1 heterocycles. The largest absolute Gasteiger partial charge is 0.460 e. The average Bonchev–Trinajstić information content (AvgIpc) is 3.53. The predicted octanol–water partition coefficient (Wildman–Crippen LogP) is 2.94. The van der Waals surface area contributed by atoms with Gasteiger partial charge in [-0.3, -0.25) is 9.59 Å². The summed E-state index contributed by atoms with van der Waals surface area (Å²) in [6.45, 7) is 8.52. The number of carbonyl (C=O) groups is 3. The molecule has 0 aromatic carbocycles. The summed E-state index contributed by atoms with van der Waals surface area (Å²) in [5.41, 5.74) is 5.21. The molecule has 0 bridgehead atoms. The lowest BCUT2D eigenvalue weighted by molar-refractivity contribution is -0.149. The lowest BCUT2D eigenvalue weighted by Crippen LogP contribution is -2.55. The smallest absolute Gasteiger partial charge is 0.332 e. The van der Waals surface area contributed by atoms with Gasteiger partial charge < -0.3 is 25.4 Å². The molecule has 3 unspecified atom stereocenters. The second-order valence-electron chi connectivity index (χ2n) is 11.8. The normalized spacial score (nSPS) is 31.9. The van der Waals surface area contributed by atoms with Gasteiger partial charge in [-0.2, -0.15) is 0 Å². The van der Waals surface area contributed by atoms with Crippen molar-refractivity contribution in [1.29, 1.82) is 0 Å². The monoisotopic (exact) mass is 503 g/mol. The van der Waals surface area contributed by atoms with E-state index in [1.54, 1.807) is 4.90 Å². The fourth-order valence-electron chi connectivity index (χ4n) is 6.52. The van der Waals surface area contributed by atoms with E-state index < -0.39 is 23.6 Å². The Bertz CT molecular complexity index is 824. The van der Waals surface area contributed by atoms with Crippen molar-refractivity contribution in [1.82, 2.24) is 10.2 Å². The van der Waals surface area contributed by atoms with Crippen molar-refractivity contribution in [3.8, 4) is 0 Å². The molecular weight excluding hydrogens is 458 g/mol. The fraction of sp³-hybridized carbons (Fsp3) is 0.821. The van der Waals surface area contributed by atoms with Crippen molar-refractivity contribution in [2.45, 2.75) is 102 Å². The van der Waals surface area contributed by atoms with Gasteiger partial charge in [0.25, 0.3) is 0 Å². The van der Waals surface area contributed by atoms with Gasteiger partial charge in [-0.05, 0) is 49.4 Å². The minimum atomic E-state index is -0.994. The second-order valence-corrected chi connectivity index (χ2v) is 11.8. The molecule has 4 aliphatic rings. The van der Waals surface area contributed by atoms with Crippen molar-refractivity contribution < 1.29 is 23.9 Å². The highest BCUT2D eigenvalue weighted by atomic mass is 16.5. The molecule has 0 spiro atoms. The number of nitrogens with one attached hydrogen (secondary N) is 1. The van der Waals surface area contributed by atoms with Crippen LogP contribution in [0.2, 0.25) is 0 Å². The van der Waals surface area contributed by atoms with Crippen LogP contribution in [0.4, 0.5) is 0 Å². The highest BCUT2D eigenvalue weighted by Crippen LogP contribution is 2.44. The number of rotatable bonds is 10. The molecular formula is C28H45N3O5. The first-order chi connectivity index (χ1) is 17.3. The van der Waals surface area contributed by atoms with Gasteiger partial charge >= 0.3 is 5.97 Å². The third-order valence-corrected chi connectivity index (χ3v) is 8.96. The molecule has 4 rings (SSSR count). The number of likely N-dealkylation sites (tertiary alicyclic amines) is 1. The highest BCUT2D eigenvalue weighted by Gasteiger charge is 2.54. The Hall–Kier alpha value is -1.93. The molecule has 4 fully saturated rings. The third kappa shape index (κ3) is 5.96. The van der Waals surface area contributed by atoms with E-state index >= 15 is 0 Å². The van der Waals surface area contributed by atoms with Crippen LogP contribution in [0.5, 0.6) is 0 Å². The number of fused-ring (bicyclic) bond motifs is 1. The highest BCUT2D eigenvalue weighted by molar-refractivity contribution is 5.95. The van der Waals surface area contributed by atoms with Gasteiger partial charge in [0.05, 0.1) is 18.8 Å². The zero-order chi connectivity index (χ0) is 25.9. The number of amides is 2. The SMILES string of the molecule is C=CCOC(=O)C1(NC(=O)[C@@H]2C[C@@H](OCC3CCCC4CCCCC43)CN2C(=O)[C@@H](N)C(C)C)CC1. The maximum Gasteiger partial charge on any atom is 0.332 e. The van der Waals surface area contributed by atoms with Gasteiger partial charge in [-0.15, -0.1) is 0 Å². The van der Waals surface area contributed by atoms with E-state index in [1.807, 2.05) is 13.8 Å². The van der Waals surface area contributed by atoms with E-state index in [-0.39, 0.29) is 30.4 Å². The van der Waals surface area contributed by atoms with E-state index in [4.69, 9.17) is 15.2 Å². The third-order valence-electron chi connectivity index (χ3n) is 8.96. The zero-order valence-corrected chi connectivity index (χ0v) is 22.1. The number of esters is 1. The summed E-state index contributed by atoms with van der Waals surface area (Å²) in [5.74, 6) is 1.09. The van der Waals surface area contributed by atoms with Crippen LogP contribution in [0.3, 0.4) is 0 Å². The summed E-state index contributed by atoms with van der Waals surface area (Å²) in [7, 11) is 0. The molecule has 0 aromatic heterocycles. The predicted molar refractivity (Wildman–Crippen MR) is 137 cm³/mol. The summed E-state index contributed by atoms with van der Waals surface area (Å²) in [5, 5.41) is 2.90. The number of ether oxygens (including phenoxy) is 2. The topological polar surface area (TPSA) is 111 Å². The number of carbonyl (C=O) groups excluding carboxylic acids is 3. The van der Waals surface area contributed by atoms with E-state index in [0.29, 0.717) is 38.3 Å². The van der Waals surface area contributed by atoms with Crippen LogP contribution in [0.15, 0.2) is 12.7 Å². The average molecular weight is 504 g/mol. The van der Waals surface area contributed by atoms with Crippen LogP contribution < -0.4 is 11.1 Å². The van der Waals surface area contributed by atoms with E-state index in [2.05, 4.69) is 11.9 Å². The zero-order valence-electron chi connectivity index (χ0n) is 22.1. The minimum absolute atomic E-state index is 0.0460. The fourth-order valence-corrected chi connectivity index (χ4v) is 6.52. The van der Waals surface area contributed by atoms with Crippen molar-refractivity contribution >= 4 is 17.8 Å². The Morgan fingerprint density at radius 1 is 1.14 bits per heavy atom. The van der Waals surface area contributed by atoms with E-state index in [0.717, 1.165) is 11.8 Å². The standard InChI is InChI=1S/C28H45N3O5/c1-4-14-35-27(34)28(12-13-28)30-25(32)23-15-21(16-31(23)26(33)24(29)18(2)3)36-17-20-10-7-9-19-8-5-6-11-22(19)20/h4,18-24H,1,5-17,29H2,2-3H3,(H,30,32)/t19?,20?,21-,22?,23+,24+/m1/s1. The molecule has 2 amide bonds. The van der Waals surface area contributed by atoms with Crippen molar-refractivity contribution in [3.63, 3.8) is 0 Å². The number of hydrogen-bond acceptors (Lipinski definition) is 6. The van der Waals surface area contributed by atoms with Crippen LogP contribution in [-0.2, 0) is 23.9 Å². The maximum atomic E-state index is 13.4. The van der Waals surface area contributed by atoms with Gasteiger partial charge in [0, 0.05) is 13.0 Å². The van der Waals surface area contributed by atoms with Crippen LogP contribution >= 0.6 is 0 Å². The summed E-state index contributed by atoms with van der Waals surface area (Å²) in [6, 6.07) is -1.39. The Morgan fingerprint density at radius 2 is 1.86 bits per heavy atom. The van der Waals surface area contributed by atoms with Crippen molar-refractivity contribution in [3.05, 3.63) is 12.7 Å². The molecule has 6 atom stereocenters. The summed E-state index contributed by atoms with van der Waals surface area (Å²) in [4.78, 5) is 40.7. The molecule has 202 valence electrons. The molecule has 0 aromatic rings. The second kappa shape index (κ2) is 11.6. The summed E-state index contributed by atoms with van der Waals surface area (Å²) in [6.07, 6.45) is 11.9.